The molecular formula is C11H9FN2O2S2. The molecule has 2 rings (SSSR count). The van der Waals surface area contributed by atoms with Gasteiger partial charge in [0.2, 0.25) is 0 Å². The predicted octanol–water partition coefficient (Wildman–Crippen LogP) is 2.91. The molecule has 0 aliphatic heterocycles. The van der Waals surface area contributed by atoms with Gasteiger partial charge in [-0.2, -0.15) is 0 Å². The molecule has 0 bridgehead atoms. The normalized spacial score (nSPS) is 10.5. The van der Waals surface area contributed by atoms with Crippen molar-refractivity contribution in [3.8, 4) is 10.4 Å². The van der Waals surface area contributed by atoms with Gasteiger partial charge >= 0.3 is 5.97 Å². The molecule has 2 aromatic rings. The first-order valence-corrected chi connectivity index (χ1v) is 6.85. The topological polar surface area (TPSA) is 63.1 Å². The van der Waals surface area contributed by atoms with Crippen molar-refractivity contribution in [3.63, 3.8) is 0 Å². The summed E-state index contributed by atoms with van der Waals surface area (Å²) in [5.41, 5.74) is 0.837. The van der Waals surface area contributed by atoms with E-state index in [0.29, 0.717) is 10.8 Å². The Morgan fingerprint density at radius 1 is 1.39 bits per heavy atom. The van der Waals surface area contributed by atoms with Crippen LogP contribution in [0.25, 0.3) is 10.4 Å². The van der Waals surface area contributed by atoms with Gasteiger partial charge in [-0.3, -0.25) is 4.79 Å². The summed E-state index contributed by atoms with van der Waals surface area (Å²) in [6.45, 7) is 0. The highest BCUT2D eigenvalue weighted by Gasteiger charge is 2.11. The number of benzene rings is 1. The van der Waals surface area contributed by atoms with Crippen molar-refractivity contribution in [1.29, 1.82) is 0 Å². The van der Waals surface area contributed by atoms with Crippen LogP contribution in [0.5, 0.6) is 0 Å². The summed E-state index contributed by atoms with van der Waals surface area (Å²) in [7, 11) is 0. The van der Waals surface area contributed by atoms with Gasteiger partial charge in [-0.05, 0) is 29.2 Å². The maximum Gasteiger partial charge on any atom is 0.304 e. The monoisotopic (exact) mass is 284 g/mol. The molecular weight excluding hydrogens is 275 g/mol. The van der Waals surface area contributed by atoms with E-state index >= 15 is 0 Å². The number of aromatic nitrogens is 2. The van der Waals surface area contributed by atoms with E-state index in [2.05, 4.69) is 9.59 Å². The molecule has 1 aromatic carbocycles. The molecule has 18 heavy (non-hydrogen) atoms. The van der Waals surface area contributed by atoms with Crippen LogP contribution in [0.15, 0.2) is 29.3 Å². The zero-order valence-electron chi connectivity index (χ0n) is 9.17. The van der Waals surface area contributed by atoms with Crippen molar-refractivity contribution in [3.05, 3.63) is 30.1 Å². The highest BCUT2D eigenvalue weighted by molar-refractivity contribution is 7.99. The van der Waals surface area contributed by atoms with E-state index in [-0.39, 0.29) is 12.2 Å². The van der Waals surface area contributed by atoms with Gasteiger partial charge in [0, 0.05) is 5.75 Å². The lowest BCUT2D eigenvalue weighted by Gasteiger charge is -2.00. The van der Waals surface area contributed by atoms with Gasteiger partial charge in [-0.15, -0.1) is 16.9 Å². The maximum absolute atomic E-state index is 12.8. The van der Waals surface area contributed by atoms with Gasteiger partial charge in [0.05, 0.1) is 11.3 Å². The second-order valence-electron chi connectivity index (χ2n) is 3.41. The third kappa shape index (κ3) is 3.27. The van der Waals surface area contributed by atoms with Gasteiger partial charge in [-0.25, -0.2) is 4.39 Å². The summed E-state index contributed by atoms with van der Waals surface area (Å²) >= 11 is 2.56. The third-order valence-electron chi connectivity index (χ3n) is 2.12. The second kappa shape index (κ2) is 5.92. The predicted molar refractivity (Wildman–Crippen MR) is 68.3 cm³/mol. The summed E-state index contributed by atoms with van der Waals surface area (Å²) in [6.07, 6.45) is 0.0745. The summed E-state index contributed by atoms with van der Waals surface area (Å²) in [4.78, 5) is 11.3. The first-order valence-electron chi connectivity index (χ1n) is 5.09. The largest absolute Gasteiger partial charge is 0.481 e. The number of thioether (sulfide) groups is 1. The molecule has 0 saturated carbocycles. The smallest absolute Gasteiger partial charge is 0.304 e. The molecule has 0 saturated heterocycles. The number of carbonyl (C=O) groups is 1. The molecule has 1 aromatic heterocycles. The molecule has 0 unspecified atom stereocenters. The molecule has 0 amide bonds. The van der Waals surface area contributed by atoms with E-state index in [1.54, 1.807) is 12.1 Å². The van der Waals surface area contributed by atoms with Crippen LogP contribution in [-0.4, -0.2) is 26.4 Å². The molecule has 94 valence electrons. The highest BCUT2D eigenvalue weighted by atomic mass is 32.2. The summed E-state index contributed by atoms with van der Waals surface area (Å²) in [6, 6.07) is 6.07. The molecule has 1 N–H and O–H groups in total. The average molecular weight is 284 g/mol. The third-order valence-corrected chi connectivity index (χ3v) is 3.99. The van der Waals surface area contributed by atoms with Crippen LogP contribution in [-0.2, 0) is 4.79 Å². The number of nitrogens with zero attached hydrogens (tertiary/aromatic N) is 2. The van der Waals surface area contributed by atoms with E-state index in [9.17, 15) is 9.18 Å². The standard InChI is InChI=1S/C11H9FN2O2S2/c12-8-3-1-7(2-4-8)10-11(13-14-18-10)17-6-5-9(15)16/h1-4H,5-6H2,(H,15,16). The Bertz CT molecular complexity index is 542. The van der Waals surface area contributed by atoms with Gasteiger partial charge in [0.15, 0.2) is 0 Å². The average Bonchev–Trinajstić information content (AvgIpc) is 2.78. The van der Waals surface area contributed by atoms with Crippen LogP contribution in [0.2, 0.25) is 0 Å². The van der Waals surface area contributed by atoms with Gasteiger partial charge in [0.25, 0.3) is 0 Å². The first kappa shape index (κ1) is 13.0. The highest BCUT2D eigenvalue weighted by Crippen LogP contribution is 2.32. The molecule has 0 spiro atoms. The van der Waals surface area contributed by atoms with E-state index < -0.39 is 5.97 Å². The first-order chi connectivity index (χ1) is 8.66. The van der Waals surface area contributed by atoms with Gasteiger partial charge in [-0.1, -0.05) is 16.6 Å². The minimum Gasteiger partial charge on any atom is -0.481 e. The van der Waals surface area contributed by atoms with Crippen molar-refractivity contribution in [2.75, 3.05) is 5.75 Å². The van der Waals surface area contributed by atoms with Crippen molar-refractivity contribution < 1.29 is 14.3 Å². The molecule has 0 aliphatic rings. The minimum absolute atomic E-state index is 0.0745. The Morgan fingerprint density at radius 3 is 2.78 bits per heavy atom. The van der Waals surface area contributed by atoms with Gasteiger partial charge in [0.1, 0.15) is 10.8 Å². The van der Waals surface area contributed by atoms with Crippen LogP contribution < -0.4 is 0 Å². The van der Waals surface area contributed by atoms with E-state index in [0.717, 1.165) is 10.4 Å². The van der Waals surface area contributed by atoms with E-state index in [4.69, 9.17) is 5.11 Å². The molecule has 7 heteroatoms. The number of rotatable bonds is 5. The maximum atomic E-state index is 12.8. The van der Waals surface area contributed by atoms with E-state index in [1.165, 1.54) is 35.4 Å². The fourth-order valence-electron chi connectivity index (χ4n) is 1.29. The fraction of sp³-hybridized carbons (Fsp3) is 0.182. The Hall–Kier alpha value is -1.47. The van der Waals surface area contributed by atoms with Crippen molar-refractivity contribution in [2.24, 2.45) is 0 Å². The number of carboxylic acids is 1. The number of aliphatic carboxylic acids is 1. The Kier molecular flexibility index (Phi) is 4.27. The number of halogens is 1. The summed E-state index contributed by atoms with van der Waals surface area (Å²) in [5, 5.41) is 13.2. The number of carboxylic acid groups (broad SMARTS) is 1. The Balaban J connectivity index is 2.12. The van der Waals surface area contributed by atoms with Crippen molar-refractivity contribution in [1.82, 2.24) is 9.59 Å². The molecule has 4 nitrogen and oxygen atoms in total. The van der Waals surface area contributed by atoms with Gasteiger partial charge < -0.3 is 5.11 Å². The lowest BCUT2D eigenvalue weighted by atomic mass is 10.2. The zero-order chi connectivity index (χ0) is 13.0. The molecule has 0 fully saturated rings. The number of hydrogen-bond acceptors (Lipinski definition) is 5. The molecule has 0 aliphatic carbocycles. The summed E-state index contributed by atoms with van der Waals surface area (Å²) in [5.74, 6) is -0.695. The minimum atomic E-state index is -0.839. The fourth-order valence-corrected chi connectivity index (χ4v) is 3.01. The Labute approximate surface area is 111 Å². The SMILES string of the molecule is O=C(O)CCSc1nnsc1-c1ccc(F)cc1. The molecule has 1 heterocycles. The van der Waals surface area contributed by atoms with Crippen LogP contribution in [0.4, 0.5) is 4.39 Å². The molecule has 0 atom stereocenters. The van der Waals surface area contributed by atoms with Crippen LogP contribution in [0.1, 0.15) is 6.42 Å². The van der Waals surface area contributed by atoms with E-state index in [1.807, 2.05) is 0 Å². The summed E-state index contributed by atoms with van der Waals surface area (Å²) < 4.78 is 16.7. The van der Waals surface area contributed by atoms with Crippen LogP contribution in [0.3, 0.4) is 0 Å². The second-order valence-corrected chi connectivity index (χ2v) is 5.24. The zero-order valence-corrected chi connectivity index (χ0v) is 10.8. The van der Waals surface area contributed by atoms with Crippen molar-refractivity contribution >= 4 is 29.3 Å². The number of hydrogen-bond donors (Lipinski definition) is 1. The molecule has 0 radical (unpaired) electrons. The van der Waals surface area contributed by atoms with Crippen molar-refractivity contribution in [2.45, 2.75) is 11.4 Å². The lowest BCUT2D eigenvalue weighted by Crippen LogP contribution is -1.96. The quantitative estimate of drug-likeness (QED) is 0.855. The Morgan fingerprint density at radius 2 is 2.11 bits per heavy atom. The van der Waals surface area contributed by atoms with Crippen LogP contribution >= 0.6 is 23.3 Å². The lowest BCUT2D eigenvalue weighted by molar-refractivity contribution is -0.136. The van der Waals surface area contributed by atoms with Crippen LogP contribution in [0, 0.1) is 5.82 Å².